The lowest BCUT2D eigenvalue weighted by Gasteiger charge is -2.39. The van der Waals surface area contributed by atoms with E-state index < -0.39 is 37.0 Å². The van der Waals surface area contributed by atoms with E-state index in [2.05, 4.69) is 18.4 Å². The fraction of sp³-hybridized carbons (Fsp3) is 0.429. The summed E-state index contributed by atoms with van der Waals surface area (Å²) in [6.07, 6.45) is 1.26. The van der Waals surface area contributed by atoms with Crippen molar-refractivity contribution in [1.82, 2.24) is 15.1 Å². The van der Waals surface area contributed by atoms with Crippen LogP contribution in [-0.4, -0.2) is 85.4 Å². The third-order valence-electron chi connectivity index (χ3n) is 7.03. The van der Waals surface area contributed by atoms with Gasteiger partial charge in [0.2, 0.25) is 0 Å². The van der Waals surface area contributed by atoms with Crippen LogP contribution in [0.1, 0.15) is 47.9 Å². The van der Waals surface area contributed by atoms with Gasteiger partial charge in [-0.05, 0) is 102 Å². The fourth-order valence-corrected chi connectivity index (χ4v) is 19.5. The smallest absolute Gasteiger partial charge is 0.311 e. The monoisotopic (exact) mass is 613 g/mol. The molecule has 2 aromatic carbocycles. The lowest BCUT2D eigenvalue weighted by molar-refractivity contribution is 0.0665. The van der Waals surface area contributed by atoms with Gasteiger partial charge in [0.25, 0.3) is 23.6 Å². The van der Waals surface area contributed by atoms with E-state index in [9.17, 15) is 19.2 Å². The summed E-state index contributed by atoms with van der Waals surface area (Å²) in [5.41, 5.74) is 1.16. The summed E-state index contributed by atoms with van der Waals surface area (Å²) in [5, 5.41) is 3.18. The molecular weight excluding hydrogens is 575 g/mol. The highest BCUT2D eigenvalue weighted by Crippen LogP contribution is 2.33. The second-order valence-electron chi connectivity index (χ2n) is 12.2. The Bertz CT molecular complexity index is 1410. The number of carbonyl (C=O) groups excluding carboxylic acids is 4. The number of hydrogen-bond acceptors (Lipinski definition) is 8. The summed E-state index contributed by atoms with van der Waals surface area (Å²) < 4.78 is 19.2. The lowest BCUT2D eigenvalue weighted by Crippen LogP contribution is -2.56. The molecule has 2 aliphatic heterocycles. The topological polar surface area (TPSA) is 114 Å². The SMILES string of the molecule is CNCCC[Si](C)(C)O[Si](C)(C)O[Si](C)(C)CN1C(=O)c2ccc(Oc3ccc4c(c3)C(=O)N(C)C4=O)cc2C1=O. The number of ether oxygens (including phenoxy) is 1. The molecule has 0 saturated carbocycles. The minimum atomic E-state index is -2.53. The maximum absolute atomic E-state index is 13.4. The average molecular weight is 614 g/mol. The highest BCUT2D eigenvalue weighted by Gasteiger charge is 2.44. The van der Waals surface area contributed by atoms with E-state index in [1.165, 1.54) is 18.0 Å². The van der Waals surface area contributed by atoms with Gasteiger partial charge in [-0.2, -0.15) is 0 Å². The second kappa shape index (κ2) is 11.4. The Morgan fingerprint density at radius 1 is 0.707 bits per heavy atom. The van der Waals surface area contributed by atoms with Gasteiger partial charge >= 0.3 is 8.56 Å². The van der Waals surface area contributed by atoms with E-state index >= 15 is 0 Å². The molecule has 0 saturated heterocycles. The van der Waals surface area contributed by atoms with Gasteiger partial charge in [-0.1, -0.05) is 0 Å². The van der Waals surface area contributed by atoms with Crippen molar-refractivity contribution in [3.63, 3.8) is 0 Å². The van der Waals surface area contributed by atoms with Crippen LogP contribution in [0.15, 0.2) is 36.4 Å². The quantitative estimate of drug-likeness (QED) is 0.210. The first-order valence-electron chi connectivity index (χ1n) is 13.7. The number of rotatable bonds is 12. The number of imide groups is 2. The third-order valence-corrected chi connectivity index (χ3v) is 18.0. The van der Waals surface area contributed by atoms with Gasteiger partial charge in [0, 0.05) is 13.2 Å². The van der Waals surface area contributed by atoms with E-state index in [1.54, 1.807) is 30.3 Å². The van der Waals surface area contributed by atoms with Crippen molar-refractivity contribution in [2.75, 3.05) is 26.8 Å². The summed E-state index contributed by atoms with van der Waals surface area (Å²) in [7, 11) is -3.61. The molecule has 2 aliphatic rings. The van der Waals surface area contributed by atoms with Gasteiger partial charge in [-0.3, -0.25) is 29.0 Å². The average Bonchev–Trinajstić information content (AvgIpc) is 3.22. The van der Waals surface area contributed by atoms with Crippen LogP contribution in [0.5, 0.6) is 11.5 Å². The van der Waals surface area contributed by atoms with Gasteiger partial charge in [0.15, 0.2) is 16.6 Å². The van der Waals surface area contributed by atoms with Crippen molar-refractivity contribution >= 4 is 48.8 Å². The van der Waals surface area contributed by atoms with Crippen molar-refractivity contribution in [2.24, 2.45) is 0 Å². The molecule has 2 heterocycles. The van der Waals surface area contributed by atoms with Crippen LogP contribution in [0.4, 0.5) is 0 Å². The predicted octanol–water partition coefficient (Wildman–Crippen LogP) is 4.59. The summed E-state index contributed by atoms with van der Waals surface area (Å²) in [4.78, 5) is 53.5. The van der Waals surface area contributed by atoms with Crippen molar-refractivity contribution < 1.29 is 32.1 Å². The maximum Gasteiger partial charge on any atom is 0.311 e. The molecule has 0 fully saturated rings. The summed E-state index contributed by atoms with van der Waals surface area (Å²) in [5.74, 6) is -0.809. The van der Waals surface area contributed by atoms with Crippen LogP contribution in [0, 0.1) is 0 Å². The molecule has 0 aromatic heterocycles. The molecule has 2 aromatic rings. The Morgan fingerprint density at radius 3 is 1.78 bits per heavy atom. The summed E-state index contributed by atoms with van der Waals surface area (Å²) >= 11 is 0. The molecule has 4 rings (SSSR count). The maximum atomic E-state index is 13.4. The van der Waals surface area contributed by atoms with Crippen molar-refractivity contribution in [3.05, 3.63) is 58.7 Å². The number of benzene rings is 2. The van der Waals surface area contributed by atoms with Gasteiger partial charge < -0.3 is 18.3 Å². The lowest BCUT2D eigenvalue weighted by atomic mass is 10.1. The van der Waals surface area contributed by atoms with Gasteiger partial charge in [0.05, 0.1) is 22.3 Å². The highest BCUT2D eigenvalue weighted by atomic mass is 28.5. The van der Waals surface area contributed by atoms with Crippen molar-refractivity contribution in [1.29, 1.82) is 0 Å². The highest BCUT2D eigenvalue weighted by molar-refractivity contribution is 6.88. The number of nitrogens with one attached hydrogen (secondary N) is 1. The first-order valence-corrected chi connectivity index (χ1v) is 22.8. The van der Waals surface area contributed by atoms with Crippen LogP contribution < -0.4 is 10.1 Å². The van der Waals surface area contributed by atoms with E-state index in [-0.39, 0.29) is 29.1 Å². The Labute approximate surface area is 244 Å². The molecular formula is C28H39N3O7Si3. The number of nitrogens with zero attached hydrogens (tertiary/aromatic N) is 2. The first kappa shape index (κ1) is 31.0. The Kier molecular flexibility index (Phi) is 8.60. The molecule has 0 aliphatic carbocycles. The Morgan fingerprint density at radius 2 is 1.20 bits per heavy atom. The van der Waals surface area contributed by atoms with Crippen LogP contribution in [0.2, 0.25) is 45.3 Å². The van der Waals surface area contributed by atoms with Crippen LogP contribution in [0.25, 0.3) is 0 Å². The fourth-order valence-electron chi connectivity index (χ4n) is 5.52. The zero-order chi connectivity index (χ0) is 30.3. The second-order valence-corrected chi connectivity index (χ2v) is 24.5. The van der Waals surface area contributed by atoms with Crippen molar-refractivity contribution in [2.45, 2.75) is 51.7 Å². The molecule has 0 spiro atoms. The van der Waals surface area contributed by atoms with E-state index in [0.29, 0.717) is 22.6 Å². The summed E-state index contributed by atoms with van der Waals surface area (Å²) in [6.45, 7) is 13.5. The number of hydrogen-bond donors (Lipinski definition) is 1. The minimum Gasteiger partial charge on any atom is -0.457 e. The minimum absolute atomic E-state index is 0.214. The molecule has 41 heavy (non-hydrogen) atoms. The summed E-state index contributed by atoms with van der Waals surface area (Å²) in [6, 6.07) is 10.4. The zero-order valence-electron chi connectivity index (χ0n) is 25.0. The Hall–Kier alpha value is -2.95. The number of fused-ring (bicyclic) bond motifs is 2. The molecule has 13 heteroatoms. The molecule has 0 unspecified atom stereocenters. The predicted molar refractivity (Wildman–Crippen MR) is 163 cm³/mol. The molecule has 0 radical (unpaired) electrons. The van der Waals surface area contributed by atoms with Crippen LogP contribution in [-0.2, 0) is 8.23 Å². The van der Waals surface area contributed by atoms with Crippen molar-refractivity contribution in [3.8, 4) is 11.5 Å². The van der Waals surface area contributed by atoms with Crippen LogP contribution in [0.3, 0.4) is 0 Å². The van der Waals surface area contributed by atoms with E-state index in [1.807, 2.05) is 33.2 Å². The van der Waals surface area contributed by atoms with E-state index in [0.717, 1.165) is 23.9 Å². The molecule has 10 nitrogen and oxygen atoms in total. The zero-order valence-corrected chi connectivity index (χ0v) is 28.0. The third kappa shape index (κ3) is 6.76. The first-order chi connectivity index (χ1) is 19.0. The number of carbonyl (C=O) groups is 4. The molecule has 4 amide bonds. The number of amides is 4. The van der Waals surface area contributed by atoms with Gasteiger partial charge in [-0.25, -0.2) is 0 Å². The van der Waals surface area contributed by atoms with Gasteiger partial charge in [-0.15, -0.1) is 0 Å². The van der Waals surface area contributed by atoms with Gasteiger partial charge in [0.1, 0.15) is 11.5 Å². The molecule has 1 N–H and O–H groups in total. The molecule has 0 bridgehead atoms. The standard InChI is InChI=1S/C28H39N3O7Si3/c1-29-14-9-15-39(3,4)37-41(7,8)38-40(5,6)18-31-27(34)22-13-11-20(17-24(22)28(31)35)36-19-10-12-21-23(16-19)26(33)30(2)25(21)32/h10-13,16-17,29H,9,14-15,18H2,1-8H3. The normalized spacial score (nSPS) is 15.6. The largest absolute Gasteiger partial charge is 0.457 e. The van der Waals surface area contributed by atoms with E-state index in [4.69, 9.17) is 13.0 Å². The molecule has 0 atom stereocenters. The Balaban J connectivity index is 1.45. The molecule has 220 valence electrons. The van der Waals surface area contributed by atoms with Crippen LogP contribution >= 0.6 is 0 Å².